The van der Waals surface area contributed by atoms with Gasteiger partial charge in [0.1, 0.15) is 5.69 Å². The first-order valence-corrected chi connectivity index (χ1v) is 16.8. The predicted octanol–water partition coefficient (Wildman–Crippen LogP) is 4.52. The van der Waals surface area contributed by atoms with E-state index in [2.05, 4.69) is 4.99 Å². The highest BCUT2D eigenvalue weighted by molar-refractivity contribution is 8.18. The Hall–Kier alpha value is -3.74. The first-order chi connectivity index (χ1) is 20.7. The number of nitrogens with zero attached hydrogens (tertiary/aromatic N) is 5. The lowest BCUT2D eigenvalue weighted by molar-refractivity contribution is -0.123. The van der Waals surface area contributed by atoms with E-state index < -0.39 is 10.0 Å². The second-order valence-corrected chi connectivity index (χ2v) is 13.6. The van der Waals surface area contributed by atoms with Crippen LogP contribution in [0.5, 0.6) is 0 Å². The van der Waals surface area contributed by atoms with Crippen LogP contribution < -0.4 is 5.73 Å². The van der Waals surface area contributed by atoms with E-state index in [9.17, 15) is 18.0 Å². The molecule has 43 heavy (non-hydrogen) atoms. The minimum atomic E-state index is -3.70. The van der Waals surface area contributed by atoms with Crippen molar-refractivity contribution >= 4 is 44.8 Å². The van der Waals surface area contributed by atoms with Gasteiger partial charge in [0.05, 0.1) is 15.5 Å². The van der Waals surface area contributed by atoms with Gasteiger partial charge in [0.15, 0.2) is 5.17 Å². The summed E-state index contributed by atoms with van der Waals surface area (Å²) in [7, 11) is -3.70. The molecule has 12 heteroatoms. The smallest absolute Gasteiger partial charge is 0.286 e. The fourth-order valence-corrected chi connectivity index (χ4v) is 7.89. The minimum Gasteiger partial charge on any atom is -0.369 e. The standard InChI is InChI=1S/C31H36N6O4S2/c1-3-15-36(16-4-2)43(40,41)26-12-8-9-23(19-26)28-24(21-37(34-28)25-10-6-5-7-11-25)20-27-30(39)33-31(42-27)35-17-13-22(14-18-35)29(32)38/h5-12,19-22H,3-4,13-18H2,1-2H3,(H2,32,38)/b27-20-. The van der Waals surface area contributed by atoms with Gasteiger partial charge in [-0.2, -0.15) is 14.4 Å². The van der Waals surface area contributed by atoms with Crippen molar-refractivity contribution in [3.63, 3.8) is 0 Å². The third-order valence-corrected chi connectivity index (χ3v) is 10.5. The quantitative estimate of drug-likeness (QED) is 0.330. The molecule has 0 aliphatic carbocycles. The van der Waals surface area contributed by atoms with Crippen molar-refractivity contribution in [2.45, 2.75) is 44.4 Å². The minimum absolute atomic E-state index is 0.157. The SMILES string of the molecule is CCCN(CCC)S(=O)(=O)c1cccc(-c2nn(-c3ccccc3)cc2/C=C2\SC(N3CCC(C(N)=O)CC3)=NC2=O)c1. The summed E-state index contributed by atoms with van der Waals surface area (Å²) in [6.07, 6.45) is 6.30. The third-order valence-electron chi connectivity index (χ3n) is 7.52. The van der Waals surface area contributed by atoms with Gasteiger partial charge in [-0.05, 0) is 67.8 Å². The number of rotatable bonds is 10. The molecule has 2 aliphatic rings. The van der Waals surface area contributed by atoms with Crippen molar-refractivity contribution in [2.75, 3.05) is 26.2 Å². The molecule has 5 rings (SSSR count). The van der Waals surface area contributed by atoms with Crippen molar-refractivity contribution in [1.82, 2.24) is 19.0 Å². The van der Waals surface area contributed by atoms with Gasteiger partial charge in [-0.3, -0.25) is 9.59 Å². The number of benzene rings is 2. The van der Waals surface area contributed by atoms with Gasteiger partial charge in [-0.1, -0.05) is 44.2 Å². The van der Waals surface area contributed by atoms with Crippen molar-refractivity contribution in [1.29, 1.82) is 0 Å². The molecular weight excluding hydrogens is 585 g/mol. The summed E-state index contributed by atoms with van der Waals surface area (Å²) in [6, 6.07) is 16.4. The first kappa shape index (κ1) is 30.7. The monoisotopic (exact) mass is 620 g/mol. The number of aromatic nitrogens is 2. The van der Waals surface area contributed by atoms with E-state index in [-0.39, 0.29) is 22.6 Å². The van der Waals surface area contributed by atoms with E-state index in [4.69, 9.17) is 10.8 Å². The summed E-state index contributed by atoms with van der Waals surface area (Å²) < 4.78 is 30.4. The molecule has 2 aliphatic heterocycles. The highest BCUT2D eigenvalue weighted by atomic mass is 32.2. The zero-order chi connectivity index (χ0) is 30.6. The number of primary amides is 1. The second kappa shape index (κ2) is 13.3. The fraction of sp³-hybridized carbons (Fsp3) is 0.355. The summed E-state index contributed by atoms with van der Waals surface area (Å²) in [5, 5.41) is 5.45. The van der Waals surface area contributed by atoms with E-state index >= 15 is 0 Å². The topological polar surface area (TPSA) is 131 Å². The van der Waals surface area contributed by atoms with Crippen molar-refractivity contribution in [2.24, 2.45) is 16.6 Å². The molecule has 1 saturated heterocycles. The highest BCUT2D eigenvalue weighted by Crippen LogP contribution is 2.35. The molecule has 1 aromatic heterocycles. The molecule has 226 valence electrons. The maximum absolute atomic E-state index is 13.6. The third kappa shape index (κ3) is 6.76. The largest absolute Gasteiger partial charge is 0.369 e. The lowest BCUT2D eigenvalue weighted by atomic mass is 9.97. The van der Waals surface area contributed by atoms with Crippen LogP contribution in [-0.4, -0.2) is 70.6 Å². The molecule has 0 atom stereocenters. The Morgan fingerprint density at radius 2 is 1.77 bits per heavy atom. The molecule has 3 heterocycles. The van der Waals surface area contributed by atoms with Crippen LogP contribution in [0.3, 0.4) is 0 Å². The molecule has 2 aromatic carbocycles. The van der Waals surface area contributed by atoms with Crippen LogP contribution >= 0.6 is 11.8 Å². The summed E-state index contributed by atoms with van der Waals surface area (Å²) in [6.45, 7) is 6.03. The molecular formula is C31H36N6O4S2. The fourth-order valence-electron chi connectivity index (χ4n) is 5.26. The summed E-state index contributed by atoms with van der Waals surface area (Å²) in [4.78, 5) is 31.6. The van der Waals surface area contributed by atoms with Crippen LogP contribution in [0.1, 0.15) is 45.1 Å². The van der Waals surface area contributed by atoms with E-state index in [1.807, 2.05) is 61.3 Å². The van der Waals surface area contributed by atoms with Crippen LogP contribution in [0.25, 0.3) is 23.0 Å². The zero-order valence-corrected chi connectivity index (χ0v) is 26.0. The summed E-state index contributed by atoms with van der Waals surface area (Å²) in [5.74, 6) is -0.793. The van der Waals surface area contributed by atoms with E-state index in [1.54, 1.807) is 29.0 Å². The van der Waals surface area contributed by atoms with Gasteiger partial charge >= 0.3 is 0 Å². The molecule has 2 N–H and O–H groups in total. The van der Waals surface area contributed by atoms with Crippen LogP contribution in [0.15, 0.2) is 75.6 Å². The zero-order valence-electron chi connectivity index (χ0n) is 24.3. The van der Waals surface area contributed by atoms with Gasteiger partial charge < -0.3 is 10.6 Å². The number of hydrogen-bond donors (Lipinski definition) is 1. The number of piperidine rings is 1. The van der Waals surface area contributed by atoms with Gasteiger partial charge in [0.25, 0.3) is 5.91 Å². The highest BCUT2D eigenvalue weighted by Gasteiger charge is 2.31. The molecule has 3 aromatic rings. The van der Waals surface area contributed by atoms with Crippen LogP contribution in [0.4, 0.5) is 0 Å². The number of amides is 2. The number of amidine groups is 1. The average Bonchev–Trinajstić information content (AvgIpc) is 3.61. The van der Waals surface area contributed by atoms with Gasteiger partial charge in [-0.25, -0.2) is 13.1 Å². The lowest BCUT2D eigenvalue weighted by Gasteiger charge is -2.31. The maximum atomic E-state index is 13.6. The molecule has 1 fully saturated rings. The number of hydrogen-bond acceptors (Lipinski definition) is 7. The number of aliphatic imine (C=N–C) groups is 1. The molecule has 10 nitrogen and oxygen atoms in total. The predicted molar refractivity (Wildman–Crippen MR) is 170 cm³/mol. The normalized spacial score (nSPS) is 17.2. The summed E-state index contributed by atoms with van der Waals surface area (Å²) >= 11 is 1.29. The Balaban J connectivity index is 1.49. The van der Waals surface area contributed by atoms with E-state index in [1.165, 1.54) is 16.1 Å². The number of para-hydroxylation sites is 1. The van der Waals surface area contributed by atoms with Crippen molar-refractivity contribution < 1.29 is 18.0 Å². The van der Waals surface area contributed by atoms with Crippen molar-refractivity contribution in [3.05, 3.63) is 71.3 Å². The van der Waals surface area contributed by atoms with Crippen LogP contribution in [0.2, 0.25) is 0 Å². The number of carbonyl (C=O) groups excluding carboxylic acids is 2. The molecule has 0 radical (unpaired) electrons. The van der Waals surface area contributed by atoms with Crippen LogP contribution in [0, 0.1) is 5.92 Å². The Labute approximate surface area is 256 Å². The van der Waals surface area contributed by atoms with E-state index in [0.29, 0.717) is 65.9 Å². The molecule has 0 bridgehead atoms. The molecule has 0 saturated carbocycles. The van der Waals surface area contributed by atoms with Gasteiger partial charge in [-0.15, -0.1) is 0 Å². The first-order valence-electron chi connectivity index (χ1n) is 14.5. The van der Waals surface area contributed by atoms with E-state index in [0.717, 1.165) is 18.5 Å². The molecule has 2 amide bonds. The second-order valence-electron chi connectivity index (χ2n) is 10.6. The van der Waals surface area contributed by atoms with Crippen LogP contribution in [-0.2, 0) is 19.6 Å². The molecule has 0 spiro atoms. The Bertz CT molecular complexity index is 1650. The average molecular weight is 621 g/mol. The number of thioether (sulfide) groups is 1. The molecule has 0 unspecified atom stereocenters. The Kier molecular flexibility index (Phi) is 9.48. The number of carbonyl (C=O) groups is 2. The van der Waals surface area contributed by atoms with Crippen molar-refractivity contribution in [3.8, 4) is 16.9 Å². The Morgan fingerprint density at radius 3 is 2.42 bits per heavy atom. The maximum Gasteiger partial charge on any atom is 0.286 e. The lowest BCUT2D eigenvalue weighted by Crippen LogP contribution is -2.40. The van der Waals surface area contributed by atoms with Gasteiger partial charge in [0.2, 0.25) is 15.9 Å². The number of likely N-dealkylation sites (tertiary alicyclic amines) is 1. The number of nitrogens with two attached hydrogens (primary N) is 1. The number of sulfonamides is 1. The Morgan fingerprint density at radius 1 is 1.07 bits per heavy atom. The van der Waals surface area contributed by atoms with Gasteiger partial charge in [0, 0.05) is 49.4 Å². The summed E-state index contributed by atoms with van der Waals surface area (Å²) in [5.41, 5.74) is 8.15.